The van der Waals surface area contributed by atoms with Crippen LogP contribution in [0.15, 0.2) is 121 Å². The lowest BCUT2D eigenvalue weighted by Crippen LogP contribution is -2.42. The molecule has 8 heteroatoms. The van der Waals surface area contributed by atoms with E-state index in [9.17, 15) is 23.9 Å². The van der Waals surface area contributed by atoms with Crippen LogP contribution in [0.4, 0.5) is 10.1 Å². The molecule has 2 amide bonds. The number of aliphatic carboxylic acids is 1. The predicted octanol–water partition coefficient (Wildman–Crippen LogP) is 7.49. The zero-order valence-corrected chi connectivity index (χ0v) is 23.5. The van der Waals surface area contributed by atoms with Gasteiger partial charge in [0.15, 0.2) is 0 Å². The lowest BCUT2D eigenvalue weighted by molar-refractivity contribution is -0.139. The molecule has 214 valence electrons. The zero-order valence-electron chi connectivity index (χ0n) is 22.8. The number of anilines is 1. The van der Waals surface area contributed by atoms with E-state index >= 15 is 0 Å². The van der Waals surface area contributed by atoms with Crippen molar-refractivity contribution < 1.29 is 23.9 Å². The van der Waals surface area contributed by atoms with Gasteiger partial charge in [-0.15, -0.1) is 0 Å². The summed E-state index contributed by atoms with van der Waals surface area (Å²) >= 11 is 5.89. The van der Waals surface area contributed by atoms with Crippen molar-refractivity contribution in [2.45, 2.75) is 12.5 Å². The molecular weight excluding hydrogens is 567 g/mol. The summed E-state index contributed by atoms with van der Waals surface area (Å²) in [6.45, 7) is 0. The molecule has 0 radical (unpaired) electrons. The van der Waals surface area contributed by atoms with Crippen LogP contribution in [-0.2, 0) is 11.2 Å². The first-order valence-corrected chi connectivity index (χ1v) is 13.8. The van der Waals surface area contributed by atoms with Crippen LogP contribution >= 0.6 is 11.6 Å². The third kappa shape index (κ3) is 7.15. The Kier molecular flexibility index (Phi) is 8.93. The number of para-hydroxylation sites is 1. The maximum Gasteiger partial charge on any atom is 0.326 e. The van der Waals surface area contributed by atoms with Crippen molar-refractivity contribution in [3.8, 4) is 22.3 Å². The fourth-order valence-electron chi connectivity index (χ4n) is 4.61. The molecule has 5 rings (SSSR count). The topological polar surface area (TPSA) is 95.5 Å². The van der Waals surface area contributed by atoms with Crippen molar-refractivity contribution in [1.29, 1.82) is 0 Å². The van der Waals surface area contributed by atoms with Gasteiger partial charge in [0.05, 0.1) is 16.3 Å². The van der Waals surface area contributed by atoms with Gasteiger partial charge >= 0.3 is 5.97 Å². The minimum absolute atomic E-state index is 0.00710. The summed E-state index contributed by atoms with van der Waals surface area (Å²) in [7, 11) is 0. The van der Waals surface area contributed by atoms with E-state index in [1.54, 1.807) is 60.7 Å². The first-order chi connectivity index (χ1) is 20.8. The number of hydrogen-bond acceptors (Lipinski definition) is 3. The quantitative estimate of drug-likeness (QED) is 0.165. The molecule has 0 spiro atoms. The van der Waals surface area contributed by atoms with E-state index in [1.807, 2.05) is 42.5 Å². The molecular formula is C35H26ClFN2O4. The molecule has 5 aromatic rings. The van der Waals surface area contributed by atoms with E-state index in [-0.39, 0.29) is 22.7 Å². The van der Waals surface area contributed by atoms with E-state index in [0.29, 0.717) is 16.7 Å². The molecule has 0 aliphatic rings. The molecule has 1 atom stereocenters. The Balaban J connectivity index is 1.26. The fraction of sp³-hybridized carbons (Fsp3) is 0.0571. The van der Waals surface area contributed by atoms with Crippen molar-refractivity contribution in [3.05, 3.63) is 149 Å². The van der Waals surface area contributed by atoms with Gasteiger partial charge in [-0.1, -0.05) is 96.5 Å². The van der Waals surface area contributed by atoms with Crippen LogP contribution < -0.4 is 10.6 Å². The number of benzene rings is 5. The molecule has 0 aliphatic carbocycles. The summed E-state index contributed by atoms with van der Waals surface area (Å²) in [4.78, 5) is 38.3. The number of rotatable bonds is 9. The van der Waals surface area contributed by atoms with Crippen LogP contribution in [0.3, 0.4) is 0 Å². The Hall–Kier alpha value is -5.27. The largest absolute Gasteiger partial charge is 0.480 e. The Labute approximate surface area is 252 Å². The third-order valence-corrected chi connectivity index (χ3v) is 7.21. The average molecular weight is 593 g/mol. The first-order valence-electron chi connectivity index (χ1n) is 13.4. The Morgan fingerprint density at radius 1 is 0.698 bits per heavy atom. The Bertz CT molecular complexity index is 1770. The highest BCUT2D eigenvalue weighted by Gasteiger charge is 2.23. The molecule has 3 N–H and O–H groups in total. The van der Waals surface area contributed by atoms with Crippen LogP contribution in [-0.4, -0.2) is 28.9 Å². The average Bonchev–Trinajstić information content (AvgIpc) is 3.03. The van der Waals surface area contributed by atoms with E-state index < -0.39 is 29.6 Å². The lowest BCUT2D eigenvalue weighted by Gasteiger charge is -2.17. The van der Waals surface area contributed by atoms with Gasteiger partial charge in [0, 0.05) is 12.0 Å². The SMILES string of the molecule is O=C(Nc1ccccc1C(=O)NC(Cc1ccc(-c2ccc(F)c(Cl)c2)cc1)C(=O)O)c1ccc(-c2ccccc2)cc1. The van der Waals surface area contributed by atoms with Crippen molar-refractivity contribution in [2.24, 2.45) is 0 Å². The van der Waals surface area contributed by atoms with Crippen LogP contribution in [0, 0.1) is 5.82 Å². The Morgan fingerprint density at radius 2 is 1.28 bits per heavy atom. The second kappa shape index (κ2) is 13.1. The molecule has 43 heavy (non-hydrogen) atoms. The second-order valence-electron chi connectivity index (χ2n) is 9.84. The molecule has 0 saturated carbocycles. The number of halogens is 2. The van der Waals surface area contributed by atoms with E-state index in [4.69, 9.17) is 11.6 Å². The van der Waals surface area contributed by atoms with Crippen molar-refractivity contribution in [2.75, 3.05) is 5.32 Å². The number of hydrogen-bond donors (Lipinski definition) is 3. The normalized spacial score (nSPS) is 11.4. The minimum Gasteiger partial charge on any atom is -0.480 e. The van der Waals surface area contributed by atoms with Crippen LogP contribution in [0.1, 0.15) is 26.3 Å². The summed E-state index contributed by atoms with van der Waals surface area (Å²) in [6, 6.07) is 33.5. The van der Waals surface area contributed by atoms with Gasteiger partial charge in [-0.05, 0) is 64.2 Å². The number of carboxylic acids is 1. The highest BCUT2D eigenvalue weighted by molar-refractivity contribution is 6.31. The number of carbonyl (C=O) groups excluding carboxylic acids is 2. The predicted molar refractivity (Wildman–Crippen MR) is 166 cm³/mol. The summed E-state index contributed by atoms with van der Waals surface area (Å²) in [6.07, 6.45) is 0.0216. The maximum atomic E-state index is 13.5. The number of amides is 2. The molecule has 1 unspecified atom stereocenters. The van der Waals surface area contributed by atoms with Crippen molar-refractivity contribution in [1.82, 2.24) is 5.32 Å². The highest BCUT2D eigenvalue weighted by atomic mass is 35.5. The fourth-order valence-corrected chi connectivity index (χ4v) is 4.79. The summed E-state index contributed by atoms with van der Waals surface area (Å²) in [5, 5.41) is 15.2. The standard InChI is InChI=1S/C35H26ClFN2O4/c36-29-21-27(18-19-30(29)37)25-12-10-22(11-13-25)20-32(35(42)43)39-34(41)28-8-4-5-9-31(28)38-33(40)26-16-14-24(15-17-26)23-6-2-1-3-7-23/h1-19,21,32H,20H2,(H,38,40)(H,39,41)(H,42,43). The summed E-state index contributed by atoms with van der Waals surface area (Å²) in [5.74, 6) is -2.76. The van der Waals surface area contributed by atoms with Gasteiger partial charge in [-0.3, -0.25) is 9.59 Å². The summed E-state index contributed by atoms with van der Waals surface area (Å²) < 4.78 is 13.5. The van der Waals surface area contributed by atoms with Gasteiger partial charge in [0.25, 0.3) is 11.8 Å². The van der Waals surface area contributed by atoms with Gasteiger partial charge < -0.3 is 15.7 Å². The van der Waals surface area contributed by atoms with Crippen LogP contribution in [0.25, 0.3) is 22.3 Å². The molecule has 0 bridgehead atoms. The van der Waals surface area contributed by atoms with Gasteiger partial charge in [0.2, 0.25) is 0 Å². The molecule has 0 heterocycles. The van der Waals surface area contributed by atoms with Gasteiger partial charge in [-0.25, -0.2) is 9.18 Å². The molecule has 0 fully saturated rings. The minimum atomic E-state index is -1.23. The molecule has 0 aromatic heterocycles. The Morgan fingerprint density at radius 3 is 1.95 bits per heavy atom. The van der Waals surface area contributed by atoms with E-state index in [0.717, 1.165) is 16.7 Å². The number of nitrogens with one attached hydrogen (secondary N) is 2. The zero-order chi connectivity index (χ0) is 30.3. The van der Waals surface area contributed by atoms with E-state index in [1.165, 1.54) is 18.2 Å². The smallest absolute Gasteiger partial charge is 0.326 e. The van der Waals surface area contributed by atoms with Crippen LogP contribution in [0.2, 0.25) is 5.02 Å². The lowest BCUT2D eigenvalue weighted by atomic mass is 10.00. The molecule has 0 saturated heterocycles. The molecule has 5 aromatic carbocycles. The van der Waals surface area contributed by atoms with Gasteiger partial charge in [-0.2, -0.15) is 0 Å². The van der Waals surface area contributed by atoms with Crippen molar-refractivity contribution in [3.63, 3.8) is 0 Å². The molecule has 0 aliphatic heterocycles. The number of carbonyl (C=O) groups is 3. The monoisotopic (exact) mass is 592 g/mol. The summed E-state index contributed by atoms with van der Waals surface area (Å²) in [5.41, 5.74) is 4.95. The third-order valence-electron chi connectivity index (χ3n) is 6.92. The van der Waals surface area contributed by atoms with Gasteiger partial charge in [0.1, 0.15) is 11.9 Å². The number of carboxylic acid groups (broad SMARTS) is 1. The second-order valence-corrected chi connectivity index (χ2v) is 10.2. The molecule has 6 nitrogen and oxygen atoms in total. The van der Waals surface area contributed by atoms with Crippen molar-refractivity contribution >= 4 is 35.1 Å². The van der Waals surface area contributed by atoms with Crippen LogP contribution in [0.5, 0.6) is 0 Å². The first kappa shape index (κ1) is 29.2. The van der Waals surface area contributed by atoms with E-state index in [2.05, 4.69) is 10.6 Å². The maximum absolute atomic E-state index is 13.5. The highest BCUT2D eigenvalue weighted by Crippen LogP contribution is 2.26.